The predicted molar refractivity (Wildman–Crippen MR) is 95.2 cm³/mol. The van der Waals surface area contributed by atoms with Crippen LogP contribution in [0.1, 0.15) is 17.3 Å². The van der Waals surface area contributed by atoms with Crippen LogP contribution in [0.25, 0.3) is 0 Å². The van der Waals surface area contributed by atoms with E-state index in [2.05, 4.69) is 10.6 Å². The lowest BCUT2D eigenvalue weighted by molar-refractivity contribution is -0.115. The molecule has 0 bridgehead atoms. The minimum absolute atomic E-state index is 0.165. The first kappa shape index (κ1) is 17.4. The van der Waals surface area contributed by atoms with E-state index in [0.29, 0.717) is 16.3 Å². The van der Waals surface area contributed by atoms with Crippen LogP contribution in [-0.4, -0.2) is 24.1 Å². The molecule has 23 heavy (non-hydrogen) atoms. The summed E-state index contributed by atoms with van der Waals surface area (Å²) in [7, 11) is 1.56. The fraction of sp³-hybridized carbons (Fsp3) is 0.176. The summed E-state index contributed by atoms with van der Waals surface area (Å²) in [6.07, 6.45) is 0. The lowest BCUT2D eigenvalue weighted by Gasteiger charge is -2.14. The van der Waals surface area contributed by atoms with Gasteiger partial charge in [-0.25, -0.2) is 0 Å². The number of anilines is 1. The standard InChI is InChI=1S/C17H17ClN2O2S/c1-11(23-13-9-7-12(18)8-10-13)16(21)20-15-6-4-3-5-14(15)17(22)19-2/h3-11H,1-2H3,(H,19,22)(H,20,21). The molecule has 0 fully saturated rings. The number of para-hydroxylation sites is 1. The van der Waals surface area contributed by atoms with E-state index in [4.69, 9.17) is 11.6 Å². The summed E-state index contributed by atoms with van der Waals surface area (Å²) in [5.74, 6) is -0.403. The van der Waals surface area contributed by atoms with Crippen LogP contribution in [0, 0.1) is 0 Å². The molecule has 0 aliphatic carbocycles. The van der Waals surface area contributed by atoms with Gasteiger partial charge >= 0.3 is 0 Å². The fourth-order valence-electron chi connectivity index (χ4n) is 1.93. The molecule has 2 N–H and O–H groups in total. The first-order valence-corrected chi connectivity index (χ1v) is 8.31. The zero-order chi connectivity index (χ0) is 16.8. The second kappa shape index (κ2) is 8.04. The molecule has 2 aromatic carbocycles. The van der Waals surface area contributed by atoms with Crippen molar-refractivity contribution in [1.29, 1.82) is 0 Å². The summed E-state index contributed by atoms with van der Waals surface area (Å²) < 4.78 is 0. The quantitative estimate of drug-likeness (QED) is 0.807. The zero-order valence-electron chi connectivity index (χ0n) is 12.8. The Kier molecular flexibility index (Phi) is 6.07. The molecule has 0 saturated heterocycles. The van der Waals surface area contributed by atoms with Crippen LogP contribution < -0.4 is 10.6 Å². The highest BCUT2D eigenvalue weighted by Gasteiger charge is 2.17. The van der Waals surface area contributed by atoms with Gasteiger partial charge in [-0.2, -0.15) is 0 Å². The average Bonchev–Trinajstić information content (AvgIpc) is 2.56. The lowest BCUT2D eigenvalue weighted by atomic mass is 10.1. The van der Waals surface area contributed by atoms with Crippen molar-refractivity contribution in [3.63, 3.8) is 0 Å². The van der Waals surface area contributed by atoms with E-state index in [1.807, 2.05) is 19.1 Å². The van der Waals surface area contributed by atoms with Crippen LogP contribution in [0.15, 0.2) is 53.4 Å². The molecule has 6 heteroatoms. The normalized spacial score (nSPS) is 11.6. The summed E-state index contributed by atoms with van der Waals surface area (Å²) in [5, 5.41) is 5.72. The number of hydrogen-bond donors (Lipinski definition) is 2. The lowest BCUT2D eigenvalue weighted by Crippen LogP contribution is -2.25. The maximum Gasteiger partial charge on any atom is 0.253 e. The molecule has 120 valence electrons. The van der Waals surface area contributed by atoms with Crippen molar-refractivity contribution >= 4 is 40.9 Å². The highest BCUT2D eigenvalue weighted by Crippen LogP contribution is 2.26. The van der Waals surface area contributed by atoms with E-state index in [1.165, 1.54) is 11.8 Å². The largest absolute Gasteiger partial charge is 0.355 e. The van der Waals surface area contributed by atoms with Gasteiger partial charge in [-0.3, -0.25) is 9.59 Å². The van der Waals surface area contributed by atoms with Crippen LogP contribution in [0.2, 0.25) is 5.02 Å². The molecule has 0 aliphatic rings. The second-order valence-corrected chi connectivity index (χ2v) is 6.68. The molecule has 1 unspecified atom stereocenters. The highest BCUT2D eigenvalue weighted by atomic mass is 35.5. The number of halogens is 1. The van der Waals surface area contributed by atoms with E-state index in [1.54, 1.807) is 43.4 Å². The van der Waals surface area contributed by atoms with Crippen LogP contribution in [0.3, 0.4) is 0 Å². The first-order valence-electron chi connectivity index (χ1n) is 7.05. The van der Waals surface area contributed by atoms with Gasteiger partial charge < -0.3 is 10.6 Å². The molecule has 2 rings (SSSR count). The summed E-state index contributed by atoms with van der Waals surface area (Å²) in [6, 6.07) is 14.2. The zero-order valence-corrected chi connectivity index (χ0v) is 14.4. The van der Waals surface area contributed by atoms with E-state index < -0.39 is 0 Å². The van der Waals surface area contributed by atoms with Gasteiger partial charge in [-0.15, -0.1) is 11.8 Å². The third-order valence-electron chi connectivity index (χ3n) is 3.15. The Morgan fingerprint density at radius 3 is 2.39 bits per heavy atom. The number of rotatable bonds is 5. The highest BCUT2D eigenvalue weighted by molar-refractivity contribution is 8.00. The Labute approximate surface area is 144 Å². The van der Waals surface area contributed by atoms with Gasteiger partial charge in [0.2, 0.25) is 5.91 Å². The van der Waals surface area contributed by atoms with Crippen LogP contribution in [0.4, 0.5) is 5.69 Å². The van der Waals surface area contributed by atoms with Gasteiger partial charge in [0.15, 0.2) is 0 Å². The number of nitrogens with one attached hydrogen (secondary N) is 2. The maximum atomic E-state index is 12.4. The smallest absolute Gasteiger partial charge is 0.253 e. The van der Waals surface area contributed by atoms with Gasteiger partial charge in [0.05, 0.1) is 16.5 Å². The SMILES string of the molecule is CNC(=O)c1ccccc1NC(=O)C(C)Sc1ccc(Cl)cc1. The molecule has 0 radical (unpaired) electrons. The minimum Gasteiger partial charge on any atom is -0.355 e. The van der Waals surface area contributed by atoms with Crippen molar-refractivity contribution in [2.75, 3.05) is 12.4 Å². The molecule has 0 saturated carbocycles. The monoisotopic (exact) mass is 348 g/mol. The molecule has 1 atom stereocenters. The molecular weight excluding hydrogens is 332 g/mol. The van der Waals surface area contributed by atoms with Crippen LogP contribution in [-0.2, 0) is 4.79 Å². The van der Waals surface area contributed by atoms with E-state index in [9.17, 15) is 9.59 Å². The van der Waals surface area contributed by atoms with E-state index in [-0.39, 0.29) is 17.1 Å². The molecule has 2 amide bonds. The van der Waals surface area contributed by atoms with E-state index >= 15 is 0 Å². The summed E-state index contributed by atoms with van der Waals surface area (Å²) in [4.78, 5) is 25.1. The Bertz CT molecular complexity index is 704. The Balaban J connectivity index is 2.06. The Hall–Kier alpha value is -1.98. The predicted octanol–water partition coefficient (Wildman–Crippen LogP) is 3.82. The molecule has 0 heterocycles. The second-order valence-electron chi connectivity index (χ2n) is 4.83. The fourth-order valence-corrected chi connectivity index (χ4v) is 2.92. The molecule has 0 spiro atoms. The van der Waals surface area contributed by atoms with Crippen LogP contribution >= 0.6 is 23.4 Å². The molecule has 2 aromatic rings. The molecule has 0 aromatic heterocycles. The van der Waals surface area contributed by atoms with Gasteiger partial charge in [0.25, 0.3) is 5.91 Å². The van der Waals surface area contributed by atoms with Gasteiger partial charge in [-0.05, 0) is 43.3 Å². The third kappa shape index (κ3) is 4.74. The molecular formula is C17H17ClN2O2S. The summed E-state index contributed by atoms with van der Waals surface area (Å²) in [5.41, 5.74) is 0.937. The van der Waals surface area contributed by atoms with Crippen molar-refractivity contribution in [2.24, 2.45) is 0 Å². The van der Waals surface area contributed by atoms with Gasteiger partial charge in [0, 0.05) is 17.0 Å². The average molecular weight is 349 g/mol. The Morgan fingerprint density at radius 1 is 1.09 bits per heavy atom. The number of benzene rings is 2. The van der Waals surface area contributed by atoms with Gasteiger partial charge in [0.1, 0.15) is 0 Å². The third-order valence-corrected chi connectivity index (χ3v) is 4.52. The topological polar surface area (TPSA) is 58.2 Å². The number of amides is 2. The number of carbonyl (C=O) groups excluding carboxylic acids is 2. The van der Waals surface area contributed by atoms with Crippen molar-refractivity contribution in [3.05, 3.63) is 59.1 Å². The summed E-state index contributed by atoms with van der Waals surface area (Å²) in [6.45, 7) is 1.82. The number of thioether (sulfide) groups is 1. The van der Waals surface area contributed by atoms with Gasteiger partial charge in [-0.1, -0.05) is 23.7 Å². The molecule has 0 aliphatic heterocycles. The molecule has 4 nitrogen and oxygen atoms in total. The first-order chi connectivity index (χ1) is 11.0. The van der Waals surface area contributed by atoms with E-state index in [0.717, 1.165) is 4.90 Å². The minimum atomic E-state index is -0.311. The number of hydrogen-bond acceptors (Lipinski definition) is 3. The van der Waals surface area contributed by atoms with Crippen molar-refractivity contribution in [3.8, 4) is 0 Å². The maximum absolute atomic E-state index is 12.4. The van der Waals surface area contributed by atoms with Crippen LogP contribution in [0.5, 0.6) is 0 Å². The summed E-state index contributed by atoms with van der Waals surface area (Å²) >= 11 is 7.28. The van der Waals surface area contributed by atoms with Crippen molar-refractivity contribution in [2.45, 2.75) is 17.1 Å². The number of carbonyl (C=O) groups is 2. The Morgan fingerprint density at radius 2 is 1.74 bits per heavy atom. The van der Waals surface area contributed by atoms with Crippen molar-refractivity contribution < 1.29 is 9.59 Å². The van der Waals surface area contributed by atoms with Crippen molar-refractivity contribution in [1.82, 2.24) is 5.32 Å².